The SMILES string of the molecule is O=C(O)CS(=O)(=O)Nc1cc(Cl)c(OC(F)F)c(Cl)c1. The van der Waals surface area contributed by atoms with Crippen molar-refractivity contribution in [2.24, 2.45) is 0 Å². The first kappa shape index (κ1) is 16.7. The Bertz CT molecular complexity index is 600. The van der Waals surface area contributed by atoms with Crippen LogP contribution >= 0.6 is 23.2 Å². The lowest BCUT2D eigenvalue weighted by Crippen LogP contribution is -2.22. The quantitative estimate of drug-likeness (QED) is 0.822. The lowest BCUT2D eigenvalue weighted by molar-refractivity contribution is -0.134. The van der Waals surface area contributed by atoms with E-state index >= 15 is 0 Å². The average Bonchev–Trinajstić information content (AvgIpc) is 2.20. The summed E-state index contributed by atoms with van der Waals surface area (Å²) < 4.78 is 52.8. The molecule has 1 rings (SSSR count). The van der Waals surface area contributed by atoms with Crippen LogP contribution < -0.4 is 9.46 Å². The van der Waals surface area contributed by atoms with Gasteiger partial charge >= 0.3 is 12.6 Å². The number of alkyl halides is 2. The van der Waals surface area contributed by atoms with Crippen molar-refractivity contribution in [2.75, 3.05) is 10.5 Å². The molecule has 2 N–H and O–H groups in total. The zero-order chi connectivity index (χ0) is 15.5. The lowest BCUT2D eigenvalue weighted by Gasteiger charge is -2.12. The van der Waals surface area contributed by atoms with Crippen molar-refractivity contribution in [2.45, 2.75) is 6.61 Å². The molecule has 0 aliphatic heterocycles. The van der Waals surface area contributed by atoms with E-state index < -0.39 is 34.1 Å². The Hall–Kier alpha value is -1.32. The minimum Gasteiger partial charge on any atom is -0.480 e. The molecule has 1 aromatic carbocycles. The zero-order valence-electron chi connectivity index (χ0n) is 9.44. The largest absolute Gasteiger partial charge is 0.480 e. The van der Waals surface area contributed by atoms with E-state index in [1.807, 2.05) is 4.72 Å². The summed E-state index contributed by atoms with van der Waals surface area (Å²) in [6, 6.07) is 1.93. The first-order chi connectivity index (χ1) is 9.10. The number of anilines is 1. The summed E-state index contributed by atoms with van der Waals surface area (Å²) in [5, 5.41) is 7.69. The van der Waals surface area contributed by atoms with Gasteiger partial charge in [-0.3, -0.25) is 9.52 Å². The molecule has 0 saturated heterocycles. The third-order valence-corrected chi connectivity index (χ3v) is 3.53. The molecule has 0 atom stereocenters. The Morgan fingerprint density at radius 3 is 2.25 bits per heavy atom. The van der Waals surface area contributed by atoms with Gasteiger partial charge in [-0.25, -0.2) is 8.42 Å². The molecule has 0 unspecified atom stereocenters. The number of halogens is 4. The normalized spacial score (nSPS) is 11.4. The van der Waals surface area contributed by atoms with Gasteiger partial charge in [0.05, 0.1) is 15.7 Å². The number of carboxylic acids is 1. The molecule has 1 aromatic rings. The van der Waals surface area contributed by atoms with E-state index in [2.05, 4.69) is 4.74 Å². The summed E-state index contributed by atoms with van der Waals surface area (Å²) in [5.74, 6) is -3.24. The minimum atomic E-state index is -4.16. The van der Waals surface area contributed by atoms with Crippen LogP contribution in [-0.2, 0) is 14.8 Å². The first-order valence-electron chi connectivity index (χ1n) is 4.77. The summed E-state index contributed by atoms with van der Waals surface area (Å²) in [5.41, 5.74) is -0.178. The predicted octanol–water partition coefficient (Wildman–Crippen LogP) is 2.42. The van der Waals surface area contributed by atoms with Crippen molar-refractivity contribution in [1.82, 2.24) is 0 Å². The fourth-order valence-electron chi connectivity index (χ4n) is 1.20. The van der Waals surface area contributed by atoms with Crippen LogP contribution in [0.15, 0.2) is 12.1 Å². The summed E-state index contributed by atoms with van der Waals surface area (Å²) in [7, 11) is -4.16. The van der Waals surface area contributed by atoms with Crippen molar-refractivity contribution < 1.29 is 31.8 Å². The molecule has 0 bridgehead atoms. The highest BCUT2D eigenvalue weighted by atomic mass is 35.5. The molecule has 0 aliphatic rings. The van der Waals surface area contributed by atoms with E-state index in [1.165, 1.54) is 0 Å². The Morgan fingerprint density at radius 2 is 1.85 bits per heavy atom. The van der Waals surface area contributed by atoms with Gasteiger partial charge in [0, 0.05) is 0 Å². The maximum atomic E-state index is 12.1. The third kappa shape index (κ3) is 4.99. The van der Waals surface area contributed by atoms with Crippen LogP contribution in [0.2, 0.25) is 10.0 Å². The van der Waals surface area contributed by atoms with Gasteiger partial charge in [-0.2, -0.15) is 8.78 Å². The number of hydrogen-bond donors (Lipinski definition) is 2. The summed E-state index contributed by atoms with van der Waals surface area (Å²) in [6.45, 7) is -3.15. The van der Waals surface area contributed by atoms with Crippen molar-refractivity contribution in [3.05, 3.63) is 22.2 Å². The highest BCUT2D eigenvalue weighted by Crippen LogP contribution is 2.37. The number of aliphatic carboxylic acids is 1. The second-order valence-corrected chi connectivity index (χ2v) is 5.94. The van der Waals surface area contributed by atoms with Gasteiger partial charge in [-0.15, -0.1) is 0 Å². The number of rotatable bonds is 6. The molecule has 0 saturated carbocycles. The van der Waals surface area contributed by atoms with Crippen LogP contribution in [0.25, 0.3) is 0 Å². The van der Waals surface area contributed by atoms with E-state index in [4.69, 9.17) is 28.3 Å². The van der Waals surface area contributed by atoms with Crippen LogP contribution in [0, 0.1) is 0 Å². The number of nitrogens with one attached hydrogen (secondary N) is 1. The van der Waals surface area contributed by atoms with Gasteiger partial charge in [0.1, 0.15) is 0 Å². The Kier molecular flexibility index (Phi) is 5.37. The summed E-state index contributed by atoms with van der Waals surface area (Å²) in [4.78, 5) is 10.3. The number of benzene rings is 1. The third-order valence-electron chi connectivity index (χ3n) is 1.79. The van der Waals surface area contributed by atoms with Crippen molar-refractivity contribution in [1.29, 1.82) is 0 Å². The molecule has 6 nitrogen and oxygen atoms in total. The second kappa shape index (κ2) is 6.42. The van der Waals surface area contributed by atoms with E-state index in [9.17, 15) is 22.0 Å². The standard InChI is InChI=1S/C9H7Cl2F2NO5S/c10-5-1-4(14-20(17,18)3-7(15)16)2-6(11)8(5)19-9(12)13/h1-2,9,14H,3H2,(H,15,16). The fraction of sp³-hybridized carbons (Fsp3) is 0.222. The fourth-order valence-corrected chi connectivity index (χ4v) is 2.65. The predicted molar refractivity (Wildman–Crippen MR) is 68.1 cm³/mol. The summed E-state index contributed by atoms with van der Waals surface area (Å²) >= 11 is 11.2. The monoisotopic (exact) mass is 349 g/mol. The molecule has 0 aromatic heterocycles. The number of carboxylic acid groups (broad SMARTS) is 1. The molecule has 0 heterocycles. The number of hydrogen-bond acceptors (Lipinski definition) is 4. The molecular weight excluding hydrogens is 343 g/mol. The van der Waals surface area contributed by atoms with E-state index in [1.54, 1.807) is 0 Å². The van der Waals surface area contributed by atoms with E-state index in [-0.39, 0.29) is 15.7 Å². The molecule has 0 radical (unpaired) electrons. The molecule has 0 fully saturated rings. The molecule has 20 heavy (non-hydrogen) atoms. The van der Waals surface area contributed by atoms with Crippen LogP contribution in [0.3, 0.4) is 0 Å². The van der Waals surface area contributed by atoms with Gasteiger partial charge in [-0.1, -0.05) is 23.2 Å². The lowest BCUT2D eigenvalue weighted by atomic mass is 10.3. The van der Waals surface area contributed by atoms with Crippen LogP contribution in [0.1, 0.15) is 0 Å². The smallest absolute Gasteiger partial charge is 0.387 e. The summed E-state index contributed by atoms with van der Waals surface area (Å²) in [6.07, 6.45) is 0. The van der Waals surface area contributed by atoms with Crippen molar-refractivity contribution in [3.8, 4) is 5.75 Å². The Morgan fingerprint density at radius 1 is 1.35 bits per heavy atom. The van der Waals surface area contributed by atoms with Crippen LogP contribution in [-0.4, -0.2) is 31.9 Å². The maximum absolute atomic E-state index is 12.1. The van der Waals surface area contributed by atoms with Crippen molar-refractivity contribution >= 4 is 44.9 Å². The number of carbonyl (C=O) groups is 1. The number of ether oxygens (including phenoxy) is 1. The topological polar surface area (TPSA) is 92.7 Å². The minimum absolute atomic E-state index is 0.178. The van der Waals surface area contributed by atoms with Crippen LogP contribution in [0.4, 0.5) is 14.5 Å². The molecular formula is C9H7Cl2F2NO5S. The Balaban J connectivity index is 3.03. The average molecular weight is 350 g/mol. The Labute approximate surface area is 122 Å². The van der Waals surface area contributed by atoms with E-state index in [0.717, 1.165) is 12.1 Å². The second-order valence-electron chi connectivity index (χ2n) is 3.40. The molecule has 11 heteroatoms. The van der Waals surface area contributed by atoms with Crippen LogP contribution in [0.5, 0.6) is 5.75 Å². The molecule has 0 spiro atoms. The maximum Gasteiger partial charge on any atom is 0.387 e. The van der Waals surface area contributed by atoms with Crippen molar-refractivity contribution in [3.63, 3.8) is 0 Å². The van der Waals surface area contributed by atoms with E-state index in [0.29, 0.717) is 0 Å². The molecule has 0 amide bonds. The highest BCUT2D eigenvalue weighted by Gasteiger charge is 2.19. The van der Waals surface area contributed by atoms with Gasteiger partial charge < -0.3 is 9.84 Å². The molecule has 0 aliphatic carbocycles. The zero-order valence-corrected chi connectivity index (χ0v) is 11.8. The first-order valence-corrected chi connectivity index (χ1v) is 7.17. The molecule has 112 valence electrons. The van der Waals surface area contributed by atoms with Gasteiger partial charge in [0.2, 0.25) is 10.0 Å². The van der Waals surface area contributed by atoms with Gasteiger partial charge in [0.15, 0.2) is 11.5 Å². The highest BCUT2D eigenvalue weighted by molar-refractivity contribution is 7.93. The number of sulfonamides is 1. The van der Waals surface area contributed by atoms with Gasteiger partial charge in [-0.05, 0) is 12.1 Å². The van der Waals surface area contributed by atoms with Gasteiger partial charge in [0.25, 0.3) is 0 Å².